The molecule has 3 heterocycles. The lowest BCUT2D eigenvalue weighted by Gasteiger charge is -2.33. The molecule has 0 amide bonds. The van der Waals surface area contributed by atoms with E-state index < -0.39 is 6.36 Å². The molecule has 140 valence electrons. The van der Waals surface area contributed by atoms with Gasteiger partial charge < -0.3 is 9.64 Å². The molecule has 1 N–H and O–H groups in total. The third kappa shape index (κ3) is 4.14. The van der Waals surface area contributed by atoms with Gasteiger partial charge in [-0.05, 0) is 47.8 Å². The van der Waals surface area contributed by atoms with E-state index in [2.05, 4.69) is 21.2 Å². The van der Waals surface area contributed by atoms with Crippen LogP contribution in [0.4, 0.5) is 13.2 Å². The van der Waals surface area contributed by atoms with Gasteiger partial charge in [0.2, 0.25) is 0 Å². The number of benzene rings is 1. The summed E-state index contributed by atoms with van der Waals surface area (Å²) in [6.07, 6.45) is -1.89. The maximum absolute atomic E-state index is 12.4. The summed E-state index contributed by atoms with van der Waals surface area (Å²) in [7, 11) is 0. The molecule has 2 atom stereocenters. The maximum Gasteiger partial charge on any atom is 0.573 e. The lowest BCUT2D eigenvalue weighted by molar-refractivity contribution is -0.941. The fourth-order valence-corrected chi connectivity index (χ4v) is 4.57. The van der Waals surface area contributed by atoms with Crippen molar-refractivity contribution in [3.8, 4) is 5.75 Å². The molecular weight excluding hydrogens is 373 g/mol. The standard InChI is InChI=1S/C20H17F3N2OS/c21-20(22,23)26-16-6-4-14(5-7-16)19-17-9-12-27-18(17)8-11-25(19)13-15-3-1-2-10-24-15/h1-7,9-10,12,19H,8,11,13H2/p+1/t19-/m1/s1. The minimum absolute atomic E-state index is 0.0712. The normalized spacial score (nSPS) is 19.5. The highest BCUT2D eigenvalue weighted by Crippen LogP contribution is 2.31. The summed E-state index contributed by atoms with van der Waals surface area (Å²) >= 11 is 1.74. The van der Waals surface area contributed by atoms with E-state index in [1.807, 2.05) is 18.2 Å². The van der Waals surface area contributed by atoms with Crippen molar-refractivity contribution in [3.63, 3.8) is 0 Å². The van der Waals surface area contributed by atoms with Crippen molar-refractivity contribution in [3.05, 3.63) is 81.8 Å². The number of nitrogens with one attached hydrogen (secondary N) is 1. The summed E-state index contributed by atoms with van der Waals surface area (Å²) in [6.45, 7) is 1.72. The molecule has 1 aliphatic rings. The number of ether oxygens (including phenoxy) is 1. The Balaban J connectivity index is 1.64. The first-order chi connectivity index (χ1) is 13.0. The van der Waals surface area contributed by atoms with Crippen LogP contribution in [0.15, 0.2) is 60.1 Å². The van der Waals surface area contributed by atoms with E-state index in [1.54, 1.807) is 29.7 Å². The average molecular weight is 391 g/mol. The molecule has 0 saturated carbocycles. The van der Waals surface area contributed by atoms with Crippen LogP contribution in [0.25, 0.3) is 0 Å². The summed E-state index contributed by atoms with van der Waals surface area (Å²) in [5.41, 5.74) is 3.24. The molecule has 1 aromatic carbocycles. The van der Waals surface area contributed by atoms with Crippen LogP contribution >= 0.6 is 11.3 Å². The van der Waals surface area contributed by atoms with Crippen molar-refractivity contribution in [2.45, 2.75) is 25.4 Å². The van der Waals surface area contributed by atoms with Crippen molar-refractivity contribution in [1.29, 1.82) is 0 Å². The first-order valence-corrected chi connectivity index (χ1v) is 9.54. The highest BCUT2D eigenvalue weighted by atomic mass is 32.1. The fraction of sp³-hybridized carbons (Fsp3) is 0.250. The van der Waals surface area contributed by atoms with Crippen molar-refractivity contribution in [1.82, 2.24) is 4.98 Å². The first kappa shape index (κ1) is 18.0. The molecular formula is C20H18F3N2OS+. The summed E-state index contributed by atoms with van der Waals surface area (Å²) in [5.74, 6) is -0.195. The van der Waals surface area contributed by atoms with Crippen LogP contribution < -0.4 is 9.64 Å². The van der Waals surface area contributed by atoms with Gasteiger partial charge >= 0.3 is 6.36 Å². The molecule has 0 aliphatic carbocycles. The molecule has 0 radical (unpaired) electrons. The number of hydrogen-bond donors (Lipinski definition) is 1. The molecule has 0 fully saturated rings. The van der Waals surface area contributed by atoms with Gasteiger partial charge in [0.05, 0.1) is 12.2 Å². The van der Waals surface area contributed by atoms with Gasteiger partial charge in [0.1, 0.15) is 18.3 Å². The Hall–Kier alpha value is -2.38. The summed E-state index contributed by atoms with van der Waals surface area (Å²) in [5, 5.41) is 2.09. The van der Waals surface area contributed by atoms with Gasteiger partial charge in [-0.15, -0.1) is 24.5 Å². The second-order valence-electron chi connectivity index (χ2n) is 6.51. The van der Waals surface area contributed by atoms with E-state index in [1.165, 1.54) is 27.5 Å². The Bertz CT molecular complexity index is 894. The number of quaternary nitrogens is 1. The number of aromatic nitrogens is 1. The van der Waals surface area contributed by atoms with Gasteiger partial charge in [-0.3, -0.25) is 4.98 Å². The number of nitrogens with zero attached hydrogens (tertiary/aromatic N) is 1. The molecule has 0 bridgehead atoms. The molecule has 3 nitrogen and oxygen atoms in total. The van der Waals surface area contributed by atoms with Gasteiger partial charge in [-0.25, -0.2) is 0 Å². The van der Waals surface area contributed by atoms with Crippen LogP contribution in [0, 0.1) is 0 Å². The van der Waals surface area contributed by atoms with Crippen LogP contribution in [0.3, 0.4) is 0 Å². The van der Waals surface area contributed by atoms with Crippen LogP contribution in [-0.2, 0) is 13.0 Å². The number of hydrogen-bond acceptors (Lipinski definition) is 3. The van der Waals surface area contributed by atoms with E-state index in [9.17, 15) is 13.2 Å². The van der Waals surface area contributed by atoms with E-state index in [0.29, 0.717) is 0 Å². The zero-order valence-electron chi connectivity index (χ0n) is 14.4. The predicted octanol–water partition coefficient (Wildman–Crippen LogP) is 3.77. The van der Waals surface area contributed by atoms with Crippen LogP contribution in [0.5, 0.6) is 5.75 Å². The summed E-state index contributed by atoms with van der Waals surface area (Å²) in [4.78, 5) is 7.12. The molecule has 0 spiro atoms. The number of rotatable bonds is 4. The smallest absolute Gasteiger partial charge is 0.406 e. The van der Waals surface area contributed by atoms with E-state index in [-0.39, 0.29) is 11.8 Å². The number of fused-ring (bicyclic) bond motifs is 1. The minimum atomic E-state index is -4.68. The Morgan fingerprint density at radius 2 is 1.93 bits per heavy atom. The lowest BCUT2D eigenvalue weighted by atomic mass is 9.93. The summed E-state index contributed by atoms with van der Waals surface area (Å²) < 4.78 is 41.3. The SMILES string of the molecule is FC(F)(F)Oc1ccc([C@@H]2c3ccsc3CC[NH+]2Cc2ccccn2)cc1. The van der Waals surface area contributed by atoms with Crippen molar-refractivity contribution in [2.24, 2.45) is 0 Å². The Kier molecular flexibility index (Phi) is 4.88. The molecule has 1 unspecified atom stereocenters. The van der Waals surface area contributed by atoms with Crippen molar-refractivity contribution < 1.29 is 22.8 Å². The first-order valence-electron chi connectivity index (χ1n) is 8.66. The Labute approximate surface area is 159 Å². The molecule has 1 aliphatic heterocycles. The van der Waals surface area contributed by atoms with Crippen LogP contribution in [-0.4, -0.2) is 17.9 Å². The van der Waals surface area contributed by atoms with Crippen LogP contribution in [0.1, 0.15) is 27.7 Å². The van der Waals surface area contributed by atoms with Gasteiger partial charge in [0.25, 0.3) is 0 Å². The molecule has 27 heavy (non-hydrogen) atoms. The molecule has 7 heteroatoms. The number of alkyl halides is 3. The highest BCUT2D eigenvalue weighted by Gasteiger charge is 2.34. The van der Waals surface area contributed by atoms with Crippen molar-refractivity contribution in [2.75, 3.05) is 6.54 Å². The van der Waals surface area contributed by atoms with E-state index >= 15 is 0 Å². The highest BCUT2D eigenvalue weighted by molar-refractivity contribution is 7.10. The van der Waals surface area contributed by atoms with Crippen LogP contribution in [0.2, 0.25) is 0 Å². The topological polar surface area (TPSA) is 26.6 Å². The van der Waals surface area contributed by atoms with Gasteiger partial charge in [0.15, 0.2) is 0 Å². The van der Waals surface area contributed by atoms with E-state index in [4.69, 9.17) is 0 Å². The van der Waals surface area contributed by atoms with Gasteiger partial charge in [-0.2, -0.15) is 0 Å². The molecule has 3 aromatic rings. The Morgan fingerprint density at radius 3 is 2.63 bits per heavy atom. The van der Waals surface area contributed by atoms with E-state index in [0.717, 1.165) is 30.8 Å². The lowest BCUT2D eigenvalue weighted by Crippen LogP contribution is -3.12. The number of halogens is 3. The Morgan fingerprint density at radius 1 is 1.11 bits per heavy atom. The fourth-order valence-electron chi connectivity index (χ4n) is 3.65. The third-order valence-corrected chi connectivity index (χ3v) is 5.75. The summed E-state index contributed by atoms with van der Waals surface area (Å²) in [6, 6.07) is 14.3. The third-order valence-electron chi connectivity index (χ3n) is 4.75. The average Bonchev–Trinajstić information content (AvgIpc) is 3.11. The second kappa shape index (κ2) is 7.32. The predicted molar refractivity (Wildman–Crippen MR) is 96.8 cm³/mol. The largest absolute Gasteiger partial charge is 0.573 e. The van der Waals surface area contributed by atoms with Crippen molar-refractivity contribution >= 4 is 11.3 Å². The second-order valence-corrected chi connectivity index (χ2v) is 7.51. The molecule has 4 rings (SSSR count). The van der Waals surface area contributed by atoms with Gasteiger partial charge in [0, 0.05) is 28.6 Å². The maximum atomic E-state index is 12.4. The zero-order chi connectivity index (χ0) is 18.9. The minimum Gasteiger partial charge on any atom is -0.406 e. The van der Waals surface area contributed by atoms with Gasteiger partial charge in [-0.1, -0.05) is 6.07 Å². The molecule has 0 saturated heterocycles. The quantitative estimate of drug-likeness (QED) is 0.733. The number of pyridine rings is 1. The monoisotopic (exact) mass is 391 g/mol. The zero-order valence-corrected chi connectivity index (χ0v) is 15.2. The molecule has 2 aromatic heterocycles. The number of thiophene rings is 1.